The average Bonchev–Trinajstić information content (AvgIpc) is 2.46. The second-order valence-corrected chi connectivity index (χ2v) is 4.72. The zero-order chi connectivity index (χ0) is 14.5. The highest BCUT2D eigenvalue weighted by atomic mass is 15.1. The van der Waals surface area contributed by atoms with E-state index in [9.17, 15) is 0 Å². The molecule has 3 nitrogen and oxygen atoms in total. The Labute approximate surface area is 119 Å². The van der Waals surface area contributed by atoms with E-state index in [-0.39, 0.29) is 0 Å². The predicted molar refractivity (Wildman–Crippen MR) is 84.3 cm³/mol. The second-order valence-electron chi connectivity index (χ2n) is 4.72. The first-order chi connectivity index (χ1) is 9.63. The molecule has 0 spiro atoms. The lowest BCUT2D eigenvalue weighted by Crippen LogP contribution is -2.08. The molecule has 100 valence electrons. The van der Waals surface area contributed by atoms with E-state index in [4.69, 9.17) is 11.0 Å². The van der Waals surface area contributed by atoms with Gasteiger partial charge in [0.15, 0.2) is 0 Å². The van der Waals surface area contributed by atoms with Crippen molar-refractivity contribution in [2.75, 3.05) is 24.7 Å². The number of nitrogen functional groups attached to an aromatic ring is 1. The van der Waals surface area contributed by atoms with E-state index in [0.717, 1.165) is 22.4 Å². The van der Waals surface area contributed by atoms with Crippen molar-refractivity contribution in [2.24, 2.45) is 0 Å². The van der Waals surface area contributed by atoms with Gasteiger partial charge in [-0.1, -0.05) is 30.3 Å². The van der Waals surface area contributed by atoms with E-state index in [1.165, 1.54) is 6.08 Å². The van der Waals surface area contributed by atoms with Gasteiger partial charge in [0.25, 0.3) is 0 Å². The maximum atomic E-state index is 9.02. The van der Waals surface area contributed by atoms with E-state index >= 15 is 0 Å². The Hall–Kier alpha value is -2.73. The van der Waals surface area contributed by atoms with Crippen molar-refractivity contribution in [3.63, 3.8) is 0 Å². The molecule has 2 rings (SSSR count). The molecule has 0 radical (unpaired) electrons. The van der Waals surface area contributed by atoms with Crippen LogP contribution < -0.4 is 10.6 Å². The summed E-state index contributed by atoms with van der Waals surface area (Å²) in [6, 6.07) is 17.7. The summed E-state index contributed by atoms with van der Waals surface area (Å²) in [5.74, 6) is 0. The fraction of sp³-hybridized carbons (Fsp3) is 0.118. The van der Waals surface area contributed by atoms with Crippen LogP contribution in [0, 0.1) is 11.3 Å². The molecule has 2 aromatic rings. The number of hydrogen-bond donors (Lipinski definition) is 1. The van der Waals surface area contributed by atoms with Gasteiger partial charge in [-0.05, 0) is 23.8 Å². The molecule has 0 saturated heterocycles. The Balaban J connectivity index is 2.48. The number of nitriles is 1. The van der Waals surface area contributed by atoms with Crippen LogP contribution in [0.3, 0.4) is 0 Å². The number of nitrogens with zero attached hydrogens (tertiary/aromatic N) is 2. The smallest absolute Gasteiger partial charge is 0.0918 e. The van der Waals surface area contributed by atoms with Gasteiger partial charge in [0.1, 0.15) is 0 Å². The standard InChI is InChI=1S/C17H17N3/c1-20(2)14-9-7-13(8-10-14)15(11-12-18)16-5-3-4-6-17(16)19/h3-11H,19H2,1-2H3/b15-11-. The largest absolute Gasteiger partial charge is 0.398 e. The Bertz CT molecular complexity index is 661. The third-order valence-electron chi connectivity index (χ3n) is 3.15. The molecule has 0 fully saturated rings. The molecule has 0 amide bonds. The summed E-state index contributed by atoms with van der Waals surface area (Å²) in [6.45, 7) is 0. The third kappa shape index (κ3) is 2.81. The number of para-hydroxylation sites is 1. The molecule has 20 heavy (non-hydrogen) atoms. The van der Waals surface area contributed by atoms with Crippen molar-refractivity contribution in [3.05, 3.63) is 65.7 Å². The van der Waals surface area contributed by atoms with Crippen LogP contribution in [0.25, 0.3) is 5.57 Å². The van der Waals surface area contributed by atoms with E-state index in [0.29, 0.717) is 5.69 Å². The first-order valence-electron chi connectivity index (χ1n) is 6.36. The van der Waals surface area contributed by atoms with Gasteiger partial charge in [-0.25, -0.2) is 0 Å². The minimum Gasteiger partial charge on any atom is -0.398 e. The fourth-order valence-electron chi connectivity index (χ4n) is 2.06. The topological polar surface area (TPSA) is 53.0 Å². The number of anilines is 2. The number of rotatable bonds is 3. The highest BCUT2D eigenvalue weighted by Crippen LogP contribution is 2.28. The van der Waals surface area contributed by atoms with Gasteiger partial charge >= 0.3 is 0 Å². The molecule has 0 unspecified atom stereocenters. The van der Waals surface area contributed by atoms with Crippen molar-refractivity contribution in [2.45, 2.75) is 0 Å². The van der Waals surface area contributed by atoms with Gasteiger partial charge in [0.05, 0.1) is 6.07 Å². The lowest BCUT2D eigenvalue weighted by Gasteiger charge is -2.14. The van der Waals surface area contributed by atoms with Crippen molar-refractivity contribution in [1.82, 2.24) is 0 Å². The highest BCUT2D eigenvalue weighted by molar-refractivity contribution is 5.86. The van der Waals surface area contributed by atoms with E-state index < -0.39 is 0 Å². The molecule has 0 atom stereocenters. The first kappa shape index (κ1) is 13.7. The monoisotopic (exact) mass is 263 g/mol. The van der Waals surface area contributed by atoms with Crippen LogP contribution in [-0.4, -0.2) is 14.1 Å². The first-order valence-corrected chi connectivity index (χ1v) is 6.36. The summed E-state index contributed by atoms with van der Waals surface area (Å²) < 4.78 is 0. The summed E-state index contributed by atoms with van der Waals surface area (Å²) >= 11 is 0. The number of nitrogens with two attached hydrogens (primary N) is 1. The molecule has 2 N–H and O–H groups in total. The van der Waals surface area contributed by atoms with Gasteiger partial charge in [-0.2, -0.15) is 5.26 Å². The summed E-state index contributed by atoms with van der Waals surface area (Å²) in [5, 5.41) is 9.02. The SMILES string of the molecule is CN(C)c1ccc(/C(=C/C#N)c2ccccc2N)cc1. The molecule has 0 aliphatic rings. The van der Waals surface area contributed by atoms with Crippen molar-refractivity contribution < 1.29 is 0 Å². The molecule has 0 saturated carbocycles. The Morgan fingerprint density at radius 2 is 1.75 bits per heavy atom. The van der Waals surface area contributed by atoms with Crippen LogP contribution in [0.2, 0.25) is 0 Å². The maximum absolute atomic E-state index is 9.02. The predicted octanol–water partition coefficient (Wildman–Crippen LogP) is 3.29. The van der Waals surface area contributed by atoms with Gasteiger partial charge in [0.2, 0.25) is 0 Å². The number of allylic oxidation sites excluding steroid dienone is 1. The van der Waals surface area contributed by atoms with Crippen LogP contribution in [-0.2, 0) is 0 Å². The normalized spacial score (nSPS) is 10.9. The number of benzene rings is 2. The Morgan fingerprint density at radius 1 is 1.10 bits per heavy atom. The lowest BCUT2D eigenvalue weighted by atomic mass is 9.96. The summed E-state index contributed by atoms with van der Waals surface area (Å²) in [6.07, 6.45) is 1.54. The molecule has 0 aromatic heterocycles. The van der Waals surface area contributed by atoms with Gasteiger partial charge in [0, 0.05) is 42.7 Å². The summed E-state index contributed by atoms with van der Waals surface area (Å²) in [4.78, 5) is 2.04. The highest BCUT2D eigenvalue weighted by Gasteiger charge is 2.08. The molecule has 0 heterocycles. The van der Waals surface area contributed by atoms with Crippen molar-refractivity contribution in [1.29, 1.82) is 5.26 Å². The number of hydrogen-bond acceptors (Lipinski definition) is 3. The van der Waals surface area contributed by atoms with Crippen molar-refractivity contribution >= 4 is 16.9 Å². The Morgan fingerprint density at radius 3 is 2.30 bits per heavy atom. The third-order valence-corrected chi connectivity index (χ3v) is 3.15. The van der Waals surface area contributed by atoms with Crippen molar-refractivity contribution in [3.8, 4) is 6.07 Å². The van der Waals surface area contributed by atoms with Crippen LogP contribution in [0.5, 0.6) is 0 Å². The molecule has 3 heteroatoms. The molecular formula is C17H17N3. The zero-order valence-corrected chi connectivity index (χ0v) is 11.7. The zero-order valence-electron chi connectivity index (χ0n) is 11.7. The lowest BCUT2D eigenvalue weighted by molar-refractivity contribution is 1.13. The maximum Gasteiger partial charge on any atom is 0.0918 e. The van der Waals surface area contributed by atoms with Gasteiger partial charge in [-0.15, -0.1) is 0 Å². The quantitative estimate of drug-likeness (QED) is 0.683. The van der Waals surface area contributed by atoms with Crippen LogP contribution in [0.4, 0.5) is 11.4 Å². The minimum absolute atomic E-state index is 0.672. The van der Waals surface area contributed by atoms with Crippen LogP contribution in [0.1, 0.15) is 11.1 Å². The molecule has 0 aliphatic carbocycles. The summed E-state index contributed by atoms with van der Waals surface area (Å²) in [5.41, 5.74) is 10.5. The summed E-state index contributed by atoms with van der Waals surface area (Å²) in [7, 11) is 3.99. The van der Waals surface area contributed by atoms with E-state index in [1.54, 1.807) is 0 Å². The average molecular weight is 263 g/mol. The van der Waals surface area contributed by atoms with E-state index in [2.05, 4.69) is 6.07 Å². The molecule has 0 aliphatic heterocycles. The van der Waals surface area contributed by atoms with Gasteiger partial charge < -0.3 is 10.6 Å². The minimum atomic E-state index is 0.672. The molecule has 2 aromatic carbocycles. The van der Waals surface area contributed by atoms with E-state index in [1.807, 2.05) is 67.5 Å². The molecular weight excluding hydrogens is 246 g/mol. The van der Waals surface area contributed by atoms with Crippen LogP contribution in [0.15, 0.2) is 54.6 Å². The molecule has 0 bridgehead atoms. The fourth-order valence-corrected chi connectivity index (χ4v) is 2.06. The second kappa shape index (κ2) is 5.94. The van der Waals surface area contributed by atoms with Gasteiger partial charge in [-0.3, -0.25) is 0 Å². The van der Waals surface area contributed by atoms with Crippen LogP contribution >= 0.6 is 0 Å². The Kier molecular flexibility index (Phi) is 4.07.